The van der Waals surface area contributed by atoms with E-state index in [1.165, 1.54) is 0 Å². The van der Waals surface area contributed by atoms with E-state index in [-0.39, 0.29) is 12.6 Å². The molecule has 74 valence electrons. The maximum Gasteiger partial charge on any atom is 0.205 e. The van der Waals surface area contributed by atoms with Gasteiger partial charge < -0.3 is 20.4 Å². The first-order valence-corrected chi connectivity index (χ1v) is 3.44. The zero-order valence-electron chi connectivity index (χ0n) is 6.76. The maximum atomic E-state index is 10.4. The summed E-state index contributed by atoms with van der Waals surface area (Å²) in [5, 5.41) is 36.2. The van der Waals surface area contributed by atoms with Crippen molar-refractivity contribution >= 4 is 12.6 Å². The summed E-state index contributed by atoms with van der Waals surface area (Å²) in [5.41, 5.74) is -1.15. The highest BCUT2D eigenvalue weighted by molar-refractivity contribution is 5.98. The van der Waals surface area contributed by atoms with Gasteiger partial charge >= 0.3 is 0 Å². The molecule has 0 amide bonds. The summed E-state index contributed by atoms with van der Waals surface area (Å²) < 4.78 is 0. The summed E-state index contributed by atoms with van der Waals surface area (Å²) in [7, 11) is 0. The fraction of sp³-hybridized carbons (Fsp3) is 0. The second-order valence-electron chi connectivity index (χ2n) is 2.46. The molecule has 1 rings (SSSR count). The van der Waals surface area contributed by atoms with E-state index >= 15 is 0 Å². The number of phenolic OH excluding ortho intramolecular Hbond substituents is 4. The minimum atomic E-state index is -1.05. The Morgan fingerprint density at radius 2 is 0.929 bits per heavy atom. The first-order chi connectivity index (χ1) is 6.54. The van der Waals surface area contributed by atoms with E-state index in [2.05, 4.69) is 0 Å². The molecule has 0 aliphatic heterocycles. The van der Waals surface area contributed by atoms with Crippen LogP contribution in [0.5, 0.6) is 23.0 Å². The SMILES string of the molecule is O=Cc1c(O)c(O)c(O)c(O)c1C=O. The molecule has 1 aromatic rings. The van der Waals surface area contributed by atoms with Crippen LogP contribution in [0.2, 0.25) is 0 Å². The van der Waals surface area contributed by atoms with Crippen molar-refractivity contribution in [1.29, 1.82) is 0 Å². The van der Waals surface area contributed by atoms with Gasteiger partial charge in [0, 0.05) is 0 Å². The lowest BCUT2D eigenvalue weighted by molar-refractivity contribution is 0.108. The van der Waals surface area contributed by atoms with Gasteiger partial charge in [0.05, 0.1) is 11.1 Å². The Bertz CT molecular complexity index is 370. The van der Waals surface area contributed by atoms with Crippen LogP contribution in [0.4, 0.5) is 0 Å². The molecular formula is C8H6O6. The van der Waals surface area contributed by atoms with Crippen molar-refractivity contribution in [3.05, 3.63) is 11.1 Å². The minimum Gasteiger partial charge on any atom is -0.504 e. The lowest BCUT2D eigenvalue weighted by atomic mass is 10.1. The molecule has 0 atom stereocenters. The van der Waals surface area contributed by atoms with Crippen molar-refractivity contribution < 1.29 is 30.0 Å². The Morgan fingerprint density at radius 3 is 1.14 bits per heavy atom. The zero-order chi connectivity index (χ0) is 10.9. The molecule has 0 radical (unpaired) electrons. The van der Waals surface area contributed by atoms with Crippen LogP contribution in [0, 0.1) is 0 Å². The third-order valence-corrected chi connectivity index (χ3v) is 1.71. The fourth-order valence-corrected chi connectivity index (χ4v) is 0.973. The van der Waals surface area contributed by atoms with Crippen LogP contribution in [0.1, 0.15) is 20.7 Å². The van der Waals surface area contributed by atoms with Crippen LogP contribution in [-0.2, 0) is 0 Å². The van der Waals surface area contributed by atoms with Crippen LogP contribution in [0.15, 0.2) is 0 Å². The van der Waals surface area contributed by atoms with Crippen LogP contribution in [0.25, 0.3) is 0 Å². The van der Waals surface area contributed by atoms with Crippen molar-refractivity contribution in [1.82, 2.24) is 0 Å². The van der Waals surface area contributed by atoms with Crippen molar-refractivity contribution in [3.8, 4) is 23.0 Å². The monoisotopic (exact) mass is 198 g/mol. The number of carbonyl (C=O) groups excluding carboxylic acids is 2. The number of aromatic hydroxyl groups is 4. The molecule has 6 nitrogen and oxygen atoms in total. The van der Waals surface area contributed by atoms with Gasteiger partial charge in [0.25, 0.3) is 0 Å². The molecule has 0 saturated heterocycles. The topological polar surface area (TPSA) is 115 Å². The van der Waals surface area contributed by atoms with Crippen molar-refractivity contribution in [2.75, 3.05) is 0 Å². The molecule has 0 bridgehead atoms. The average molecular weight is 198 g/mol. The van der Waals surface area contributed by atoms with E-state index in [0.717, 1.165) is 0 Å². The molecule has 0 saturated carbocycles. The maximum absolute atomic E-state index is 10.4. The van der Waals surface area contributed by atoms with E-state index in [1.54, 1.807) is 0 Å². The molecule has 1 aromatic carbocycles. The molecule has 0 spiro atoms. The smallest absolute Gasteiger partial charge is 0.205 e. The largest absolute Gasteiger partial charge is 0.504 e. The number of aldehydes is 2. The third-order valence-electron chi connectivity index (χ3n) is 1.71. The van der Waals surface area contributed by atoms with Gasteiger partial charge in [-0.25, -0.2) is 0 Å². The molecule has 0 aromatic heterocycles. The Hall–Kier alpha value is -2.24. The molecule has 0 heterocycles. The van der Waals surface area contributed by atoms with Gasteiger partial charge in [0.2, 0.25) is 11.5 Å². The summed E-state index contributed by atoms with van der Waals surface area (Å²) in [5.74, 6) is -3.99. The summed E-state index contributed by atoms with van der Waals surface area (Å²) in [4.78, 5) is 20.8. The van der Waals surface area contributed by atoms with Crippen molar-refractivity contribution in [3.63, 3.8) is 0 Å². The molecular weight excluding hydrogens is 192 g/mol. The second kappa shape index (κ2) is 3.25. The number of hydrogen-bond acceptors (Lipinski definition) is 6. The highest BCUT2D eigenvalue weighted by atomic mass is 16.3. The van der Waals surface area contributed by atoms with Gasteiger partial charge in [-0.05, 0) is 0 Å². The van der Waals surface area contributed by atoms with E-state index in [4.69, 9.17) is 20.4 Å². The molecule has 14 heavy (non-hydrogen) atoms. The van der Waals surface area contributed by atoms with Gasteiger partial charge in [-0.15, -0.1) is 0 Å². The minimum absolute atomic E-state index is 0.0813. The van der Waals surface area contributed by atoms with Crippen LogP contribution in [-0.4, -0.2) is 33.0 Å². The fourth-order valence-electron chi connectivity index (χ4n) is 0.973. The van der Waals surface area contributed by atoms with Crippen molar-refractivity contribution in [2.45, 2.75) is 0 Å². The molecule has 0 fully saturated rings. The molecule has 4 N–H and O–H groups in total. The van der Waals surface area contributed by atoms with E-state index in [0.29, 0.717) is 0 Å². The lowest BCUT2D eigenvalue weighted by Gasteiger charge is -2.08. The first-order valence-electron chi connectivity index (χ1n) is 3.44. The zero-order valence-corrected chi connectivity index (χ0v) is 6.76. The molecule has 0 unspecified atom stereocenters. The van der Waals surface area contributed by atoms with Gasteiger partial charge in [-0.2, -0.15) is 0 Å². The predicted octanol–water partition coefficient (Wildman–Crippen LogP) is 0.134. The third kappa shape index (κ3) is 1.13. The van der Waals surface area contributed by atoms with E-state index < -0.39 is 34.1 Å². The Labute approximate surface area is 77.7 Å². The van der Waals surface area contributed by atoms with Gasteiger partial charge in [0.15, 0.2) is 24.1 Å². The quantitative estimate of drug-likeness (QED) is 0.305. The lowest BCUT2D eigenvalue weighted by Crippen LogP contribution is -1.93. The predicted molar refractivity (Wildman–Crippen MR) is 43.9 cm³/mol. The number of carbonyl (C=O) groups is 2. The van der Waals surface area contributed by atoms with E-state index in [9.17, 15) is 9.59 Å². The summed E-state index contributed by atoms with van der Waals surface area (Å²) >= 11 is 0. The number of benzene rings is 1. The molecule has 0 aliphatic rings. The number of rotatable bonds is 2. The standard InChI is InChI=1S/C8H6O6/c9-1-3-4(2-10)6(12)8(14)7(13)5(3)11/h1-2,11-14H. The number of phenols is 4. The molecule has 6 heteroatoms. The Morgan fingerprint density at radius 1 is 0.643 bits per heavy atom. The Kier molecular flexibility index (Phi) is 2.29. The summed E-state index contributed by atoms with van der Waals surface area (Å²) in [6.45, 7) is 0. The highest BCUT2D eigenvalue weighted by Crippen LogP contribution is 2.45. The number of hydrogen-bond donors (Lipinski definition) is 4. The van der Waals surface area contributed by atoms with Crippen molar-refractivity contribution in [2.24, 2.45) is 0 Å². The van der Waals surface area contributed by atoms with Gasteiger partial charge in [-0.1, -0.05) is 0 Å². The summed E-state index contributed by atoms with van der Waals surface area (Å²) in [6, 6.07) is 0. The van der Waals surface area contributed by atoms with Gasteiger partial charge in [0.1, 0.15) is 0 Å². The van der Waals surface area contributed by atoms with Gasteiger partial charge in [-0.3, -0.25) is 9.59 Å². The normalized spacial score (nSPS) is 9.71. The average Bonchev–Trinajstić information content (AvgIpc) is 2.20. The van der Waals surface area contributed by atoms with Crippen LogP contribution >= 0.6 is 0 Å². The Balaban J connectivity index is 3.73. The summed E-state index contributed by atoms with van der Waals surface area (Å²) in [6.07, 6.45) is 0.163. The van der Waals surface area contributed by atoms with E-state index in [1.807, 2.05) is 0 Å². The molecule has 0 aliphatic carbocycles. The van der Waals surface area contributed by atoms with Crippen LogP contribution in [0.3, 0.4) is 0 Å². The second-order valence-corrected chi connectivity index (χ2v) is 2.46. The van der Waals surface area contributed by atoms with Crippen LogP contribution < -0.4 is 0 Å². The highest BCUT2D eigenvalue weighted by Gasteiger charge is 2.22. The first kappa shape index (κ1) is 9.85.